The standard InChI is InChI=1S/C16H18N2O3/c1-10(9-19)21-14-5-4-12-7-15(17-8-13(12)6-14)18-16(20)11-2-3-11/h4-8,10-11,19H,2-3,9H2,1H3,(H,17,18,20). The SMILES string of the molecule is CC(CO)Oc1ccc2cc(NC(=O)C3CC3)ncc2c1. The lowest BCUT2D eigenvalue weighted by atomic mass is 10.1. The Morgan fingerprint density at radius 3 is 2.95 bits per heavy atom. The van der Waals surface area contributed by atoms with Crippen LogP contribution in [0.25, 0.3) is 10.8 Å². The third kappa shape index (κ3) is 3.31. The van der Waals surface area contributed by atoms with Crippen molar-refractivity contribution in [3.63, 3.8) is 0 Å². The molecule has 21 heavy (non-hydrogen) atoms. The first-order valence-electron chi connectivity index (χ1n) is 7.14. The highest BCUT2D eigenvalue weighted by Gasteiger charge is 2.29. The van der Waals surface area contributed by atoms with Crippen molar-refractivity contribution < 1.29 is 14.6 Å². The number of amides is 1. The van der Waals surface area contributed by atoms with Crippen molar-refractivity contribution in [1.29, 1.82) is 0 Å². The summed E-state index contributed by atoms with van der Waals surface area (Å²) < 4.78 is 5.56. The number of anilines is 1. The van der Waals surface area contributed by atoms with Crippen LogP contribution in [0.15, 0.2) is 30.5 Å². The summed E-state index contributed by atoms with van der Waals surface area (Å²) in [6.07, 6.45) is 3.42. The Bertz CT molecular complexity index is 668. The molecular weight excluding hydrogens is 268 g/mol. The molecule has 0 saturated heterocycles. The number of aromatic nitrogens is 1. The molecule has 1 aromatic carbocycles. The molecule has 1 saturated carbocycles. The fourth-order valence-electron chi connectivity index (χ4n) is 2.10. The van der Waals surface area contributed by atoms with Crippen molar-refractivity contribution in [2.45, 2.75) is 25.9 Å². The second-order valence-corrected chi connectivity index (χ2v) is 5.45. The van der Waals surface area contributed by atoms with Gasteiger partial charge < -0.3 is 15.2 Å². The molecule has 1 atom stereocenters. The van der Waals surface area contributed by atoms with Crippen LogP contribution >= 0.6 is 0 Å². The van der Waals surface area contributed by atoms with Gasteiger partial charge in [-0.15, -0.1) is 0 Å². The highest BCUT2D eigenvalue weighted by Crippen LogP contribution is 2.30. The normalized spacial score (nSPS) is 15.7. The molecule has 0 bridgehead atoms. The van der Waals surface area contributed by atoms with Crippen LogP contribution in [0, 0.1) is 5.92 Å². The van der Waals surface area contributed by atoms with Crippen molar-refractivity contribution in [3.05, 3.63) is 30.5 Å². The van der Waals surface area contributed by atoms with E-state index in [-0.39, 0.29) is 24.5 Å². The summed E-state index contributed by atoms with van der Waals surface area (Å²) >= 11 is 0. The first-order valence-corrected chi connectivity index (χ1v) is 7.14. The van der Waals surface area contributed by atoms with E-state index in [2.05, 4.69) is 10.3 Å². The minimum Gasteiger partial charge on any atom is -0.488 e. The number of pyridine rings is 1. The number of nitrogens with zero attached hydrogens (tertiary/aromatic N) is 1. The molecular formula is C16H18N2O3. The molecule has 3 rings (SSSR count). The second-order valence-electron chi connectivity index (χ2n) is 5.45. The van der Waals surface area contributed by atoms with Crippen molar-refractivity contribution >= 4 is 22.5 Å². The molecule has 1 aliphatic rings. The molecule has 0 radical (unpaired) electrons. The maximum absolute atomic E-state index is 11.7. The summed E-state index contributed by atoms with van der Waals surface area (Å²) in [6, 6.07) is 7.50. The van der Waals surface area contributed by atoms with Crippen LogP contribution in [-0.2, 0) is 4.79 Å². The van der Waals surface area contributed by atoms with Gasteiger partial charge in [-0.25, -0.2) is 4.98 Å². The first kappa shape index (κ1) is 13.8. The van der Waals surface area contributed by atoms with Gasteiger partial charge in [0, 0.05) is 17.5 Å². The second kappa shape index (κ2) is 5.69. The summed E-state index contributed by atoms with van der Waals surface area (Å²) in [5, 5.41) is 13.8. The number of rotatable bonds is 5. The summed E-state index contributed by atoms with van der Waals surface area (Å²) in [7, 11) is 0. The largest absolute Gasteiger partial charge is 0.488 e. The number of hydrogen-bond acceptors (Lipinski definition) is 4. The van der Waals surface area contributed by atoms with E-state index in [9.17, 15) is 4.79 Å². The van der Waals surface area contributed by atoms with Crippen LogP contribution in [0.3, 0.4) is 0 Å². The number of hydrogen-bond donors (Lipinski definition) is 2. The van der Waals surface area contributed by atoms with Crippen LogP contribution in [-0.4, -0.2) is 28.7 Å². The maximum atomic E-state index is 11.7. The maximum Gasteiger partial charge on any atom is 0.228 e. The van der Waals surface area contributed by atoms with Crippen molar-refractivity contribution in [2.75, 3.05) is 11.9 Å². The van der Waals surface area contributed by atoms with Gasteiger partial charge in [0.05, 0.1) is 6.61 Å². The summed E-state index contributed by atoms with van der Waals surface area (Å²) in [5.41, 5.74) is 0. The highest BCUT2D eigenvalue weighted by molar-refractivity contribution is 5.95. The van der Waals surface area contributed by atoms with E-state index >= 15 is 0 Å². The molecule has 2 N–H and O–H groups in total. The lowest BCUT2D eigenvalue weighted by Crippen LogP contribution is -2.16. The Balaban J connectivity index is 1.78. The van der Waals surface area contributed by atoms with Gasteiger partial charge in [-0.1, -0.05) is 6.07 Å². The fraction of sp³-hybridized carbons (Fsp3) is 0.375. The van der Waals surface area contributed by atoms with Crippen molar-refractivity contribution in [3.8, 4) is 5.75 Å². The van der Waals surface area contributed by atoms with Gasteiger partial charge in [-0.05, 0) is 43.4 Å². The van der Waals surface area contributed by atoms with Gasteiger partial charge in [-0.3, -0.25) is 4.79 Å². The zero-order valence-corrected chi connectivity index (χ0v) is 11.9. The number of nitrogens with one attached hydrogen (secondary N) is 1. The van der Waals surface area contributed by atoms with Gasteiger partial charge in [0.2, 0.25) is 5.91 Å². The quantitative estimate of drug-likeness (QED) is 0.885. The Morgan fingerprint density at radius 1 is 1.43 bits per heavy atom. The number of ether oxygens (including phenoxy) is 1. The Morgan fingerprint density at radius 2 is 2.24 bits per heavy atom. The first-order chi connectivity index (χ1) is 10.2. The predicted octanol–water partition coefficient (Wildman–Crippen LogP) is 2.34. The van der Waals surface area contributed by atoms with Gasteiger partial charge in [0.15, 0.2) is 0 Å². The van der Waals surface area contributed by atoms with Crippen LogP contribution in [0.4, 0.5) is 5.82 Å². The van der Waals surface area contributed by atoms with Crippen molar-refractivity contribution in [1.82, 2.24) is 4.98 Å². The summed E-state index contributed by atoms with van der Waals surface area (Å²) in [6.45, 7) is 1.78. The van der Waals surface area contributed by atoms with Crippen LogP contribution in [0.2, 0.25) is 0 Å². The minimum atomic E-state index is -0.243. The van der Waals surface area contributed by atoms with E-state index in [0.717, 1.165) is 23.6 Å². The zero-order valence-electron chi connectivity index (χ0n) is 11.9. The Labute approximate surface area is 123 Å². The lowest BCUT2D eigenvalue weighted by Gasteiger charge is -2.12. The molecule has 5 heteroatoms. The van der Waals surface area contributed by atoms with Crippen LogP contribution < -0.4 is 10.1 Å². The molecule has 1 aromatic heterocycles. The molecule has 1 amide bonds. The molecule has 0 aliphatic heterocycles. The number of carbonyl (C=O) groups is 1. The van der Waals surface area contributed by atoms with Gasteiger partial charge >= 0.3 is 0 Å². The number of aliphatic hydroxyl groups excluding tert-OH is 1. The van der Waals surface area contributed by atoms with E-state index in [1.165, 1.54) is 0 Å². The third-order valence-corrected chi connectivity index (χ3v) is 3.49. The lowest BCUT2D eigenvalue weighted by molar-refractivity contribution is -0.117. The van der Waals surface area contributed by atoms with Crippen molar-refractivity contribution in [2.24, 2.45) is 5.92 Å². The van der Waals surface area contributed by atoms with E-state index in [1.807, 2.05) is 24.3 Å². The molecule has 1 fully saturated rings. The molecule has 110 valence electrons. The monoisotopic (exact) mass is 286 g/mol. The van der Waals surface area contributed by atoms with E-state index in [0.29, 0.717) is 11.6 Å². The molecule has 1 unspecified atom stereocenters. The van der Waals surface area contributed by atoms with E-state index < -0.39 is 0 Å². The number of aliphatic hydroxyl groups is 1. The highest BCUT2D eigenvalue weighted by atomic mass is 16.5. The minimum absolute atomic E-state index is 0.0254. The number of fused-ring (bicyclic) bond motifs is 1. The average molecular weight is 286 g/mol. The molecule has 1 heterocycles. The summed E-state index contributed by atoms with van der Waals surface area (Å²) in [5.74, 6) is 1.49. The Kier molecular flexibility index (Phi) is 3.75. The van der Waals surface area contributed by atoms with Crippen LogP contribution in [0.1, 0.15) is 19.8 Å². The molecule has 0 spiro atoms. The van der Waals surface area contributed by atoms with Crippen LogP contribution in [0.5, 0.6) is 5.75 Å². The third-order valence-electron chi connectivity index (χ3n) is 3.49. The Hall–Kier alpha value is -2.14. The fourth-order valence-corrected chi connectivity index (χ4v) is 2.10. The van der Waals surface area contributed by atoms with Gasteiger partial charge in [0.1, 0.15) is 17.7 Å². The van der Waals surface area contributed by atoms with E-state index in [4.69, 9.17) is 9.84 Å². The number of carbonyl (C=O) groups excluding carboxylic acids is 1. The van der Waals surface area contributed by atoms with E-state index in [1.54, 1.807) is 13.1 Å². The topological polar surface area (TPSA) is 71.5 Å². The summed E-state index contributed by atoms with van der Waals surface area (Å²) in [4.78, 5) is 16.0. The average Bonchev–Trinajstić information content (AvgIpc) is 3.32. The number of benzene rings is 1. The zero-order chi connectivity index (χ0) is 14.8. The molecule has 2 aromatic rings. The molecule has 1 aliphatic carbocycles. The smallest absolute Gasteiger partial charge is 0.228 e. The predicted molar refractivity (Wildman–Crippen MR) is 80.3 cm³/mol. The van der Waals surface area contributed by atoms with Gasteiger partial charge in [-0.2, -0.15) is 0 Å². The van der Waals surface area contributed by atoms with Gasteiger partial charge in [0.25, 0.3) is 0 Å². The molecule has 5 nitrogen and oxygen atoms in total.